The molecule has 196 valence electrons. The molecule has 0 bridgehead atoms. The van der Waals surface area contributed by atoms with Crippen LogP contribution in [0.15, 0.2) is 83.8 Å². The SMILES string of the molecule is Cc1cccc(N(CC(=O)N(Cc2ccc(F)cc2)C(C)C(=O)NC(C)C)S(=O)(=O)c2ccccc2)c1. The van der Waals surface area contributed by atoms with Crippen molar-refractivity contribution in [1.29, 1.82) is 0 Å². The largest absolute Gasteiger partial charge is 0.352 e. The number of carbonyl (C=O) groups excluding carboxylic acids is 2. The summed E-state index contributed by atoms with van der Waals surface area (Å²) in [6.45, 7) is 6.50. The molecule has 0 heterocycles. The standard InChI is InChI=1S/C28H32FN3O4S/c1-20(2)30-28(34)22(4)31(18-23-13-15-24(29)16-14-23)27(33)19-32(25-10-8-9-21(3)17-25)37(35,36)26-11-6-5-7-12-26/h5-17,20,22H,18-19H2,1-4H3,(H,30,34). The maximum atomic E-state index is 13.8. The lowest BCUT2D eigenvalue weighted by atomic mass is 10.1. The summed E-state index contributed by atoms with van der Waals surface area (Å²) in [5.41, 5.74) is 1.76. The molecule has 0 saturated heterocycles. The summed E-state index contributed by atoms with van der Waals surface area (Å²) in [5.74, 6) is -1.37. The van der Waals surface area contributed by atoms with E-state index in [1.165, 1.54) is 41.3 Å². The van der Waals surface area contributed by atoms with Gasteiger partial charge in [-0.25, -0.2) is 12.8 Å². The van der Waals surface area contributed by atoms with E-state index in [4.69, 9.17) is 0 Å². The molecule has 9 heteroatoms. The zero-order valence-electron chi connectivity index (χ0n) is 21.4. The molecule has 0 aliphatic carbocycles. The maximum absolute atomic E-state index is 13.8. The Morgan fingerprint density at radius 1 is 0.919 bits per heavy atom. The second-order valence-corrected chi connectivity index (χ2v) is 11.0. The number of anilines is 1. The van der Waals surface area contributed by atoms with Gasteiger partial charge in [-0.2, -0.15) is 0 Å². The van der Waals surface area contributed by atoms with Crippen LogP contribution in [0.2, 0.25) is 0 Å². The Morgan fingerprint density at radius 3 is 2.16 bits per heavy atom. The van der Waals surface area contributed by atoms with Crippen LogP contribution in [-0.2, 0) is 26.2 Å². The molecule has 7 nitrogen and oxygen atoms in total. The van der Waals surface area contributed by atoms with Crippen molar-refractivity contribution in [3.63, 3.8) is 0 Å². The number of benzene rings is 3. The Morgan fingerprint density at radius 2 is 1.57 bits per heavy atom. The average molecular weight is 526 g/mol. The number of carbonyl (C=O) groups is 2. The van der Waals surface area contributed by atoms with E-state index in [0.29, 0.717) is 11.3 Å². The van der Waals surface area contributed by atoms with Gasteiger partial charge in [-0.3, -0.25) is 13.9 Å². The molecule has 0 aromatic heterocycles. The number of amides is 2. The smallest absolute Gasteiger partial charge is 0.264 e. The minimum absolute atomic E-state index is 0.00115. The molecule has 3 aromatic carbocycles. The summed E-state index contributed by atoms with van der Waals surface area (Å²) in [7, 11) is -4.11. The molecule has 37 heavy (non-hydrogen) atoms. The van der Waals surface area contributed by atoms with Crippen LogP contribution in [0.25, 0.3) is 0 Å². The van der Waals surface area contributed by atoms with Crippen LogP contribution in [-0.4, -0.2) is 43.8 Å². The molecule has 3 rings (SSSR count). The molecular weight excluding hydrogens is 493 g/mol. The molecular formula is C28H32FN3O4S. The van der Waals surface area contributed by atoms with Crippen LogP contribution in [0, 0.1) is 12.7 Å². The van der Waals surface area contributed by atoms with Gasteiger partial charge in [0.1, 0.15) is 18.4 Å². The molecule has 1 atom stereocenters. The lowest BCUT2D eigenvalue weighted by molar-refractivity contribution is -0.139. The fourth-order valence-corrected chi connectivity index (χ4v) is 5.23. The number of sulfonamides is 1. The van der Waals surface area contributed by atoms with E-state index in [2.05, 4.69) is 5.32 Å². The Kier molecular flexibility index (Phi) is 9.04. The van der Waals surface area contributed by atoms with Crippen LogP contribution >= 0.6 is 0 Å². The van der Waals surface area contributed by atoms with E-state index in [0.717, 1.165) is 9.87 Å². The monoisotopic (exact) mass is 525 g/mol. The first-order valence-corrected chi connectivity index (χ1v) is 13.4. The quantitative estimate of drug-likeness (QED) is 0.428. The molecule has 0 spiro atoms. The molecule has 0 fully saturated rings. The van der Waals surface area contributed by atoms with Crippen molar-refractivity contribution in [3.8, 4) is 0 Å². The molecule has 1 unspecified atom stereocenters. The summed E-state index contributed by atoms with van der Waals surface area (Å²) in [6, 6.07) is 19.3. The van der Waals surface area contributed by atoms with E-state index in [1.54, 1.807) is 43.3 Å². The molecule has 0 saturated carbocycles. The van der Waals surface area contributed by atoms with Crippen LogP contribution < -0.4 is 9.62 Å². The molecule has 2 amide bonds. The second-order valence-electron chi connectivity index (χ2n) is 9.15. The number of rotatable bonds is 10. The van der Waals surface area contributed by atoms with Gasteiger partial charge in [0.15, 0.2) is 0 Å². The first kappa shape index (κ1) is 27.9. The minimum atomic E-state index is -4.11. The topological polar surface area (TPSA) is 86.8 Å². The summed E-state index contributed by atoms with van der Waals surface area (Å²) >= 11 is 0. The average Bonchev–Trinajstić information content (AvgIpc) is 2.86. The van der Waals surface area contributed by atoms with Crippen molar-refractivity contribution in [2.24, 2.45) is 0 Å². The summed E-state index contributed by atoms with van der Waals surface area (Å²) in [4.78, 5) is 28.0. The van der Waals surface area contributed by atoms with Gasteiger partial charge in [0.05, 0.1) is 10.6 Å². The van der Waals surface area contributed by atoms with Crippen molar-refractivity contribution < 1.29 is 22.4 Å². The highest BCUT2D eigenvalue weighted by atomic mass is 32.2. The summed E-state index contributed by atoms with van der Waals surface area (Å²) in [5, 5.41) is 2.80. The molecule has 0 aliphatic rings. The predicted molar refractivity (Wildman–Crippen MR) is 142 cm³/mol. The highest BCUT2D eigenvalue weighted by Gasteiger charge is 2.32. The van der Waals surface area contributed by atoms with Gasteiger partial charge in [0.2, 0.25) is 11.8 Å². The van der Waals surface area contributed by atoms with E-state index in [9.17, 15) is 22.4 Å². The molecule has 1 N–H and O–H groups in total. The van der Waals surface area contributed by atoms with Crippen molar-refractivity contribution in [1.82, 2.24) is 10.2 Å². The van der Waals surface area contributed by atoms with Crippen LogP contribution in [0.1, 0.15) is 31.9 Å². The van der Waals surface area contributed by atoms with Gasteiger partial charge in [-0.05, 0) is 75.2 Å². The van der Waals surface area contributed by atoms with Crippen molar-refractivity contribution in [2.45, 2.75) is 51.2 Å². The Hall–Kier alpha value is -3.72. The number of hydrogen-bond donors (Lipinski definition) is 1. The van der Waals surface area contributed by atoms with Gasteiger partial charge in [-0.15, -0.1) is 0 Å². The molecule has 0 aliphatic heterocycles. The van der Waals surface area contributed by atoms with Crippen molar-refractivity contribution in [2.75, 3.05) is 10.8 Å². The van der Waals surface area contributed by atoms with E-state index < -0.39 is 34.3 Å². The number of halogens is 1. The van der Waals surface area contributed by atoms with Crippen molar-refractivity contribution >= 4 is 27.5 Å². The van der Waals surface area contributed by atoms with E-state index in [-0.39, 0.29) is 23.4 Å². The minimum Gasteiger partial charge on any atom is -0.352 e. The Balaban J connectivity index is 2.01. The lowest BCUT2D eigenvalue weighted by Gasteiger charge is -2.32. The summed E-state index contributed by atoms with van der Waals surface area (Å²) in [6.07, 6.45) is 0. The van der Waals surface area contributed by atoms with Crippen LogP contribution in [0.3, 0.4) is 0 Å². The third kappa shape index (κ3) is 7.16. The van der Waals surface area contributed by atoms with Gasteiger partial charge in [0, 0.05) is 12.6 Å². The third-order valence-electron chi connectivity index (χ3n) is 5.76. The first-order valence-electron chi connectivity index (χ1n) is 12.0. The zero-order valence-corrected chi connectivity index (χ0v) is 22.2. The number of aryl methyl sites for hydroxylation is 1. The number of nitrogens with zero attached hydrogens (tertiary/aromatic N) is 2. The fraction of sp³-hybridized carbons (Fsp3) is 0.286. The van der Waals surface area contributed by atoms with Gasteiger partial charge in [0.25, 0.3) is 10.0 Å². The predicted octanol–water partition coefficient (Wildman–Crippen LogP) is 4.27. The Labute approximate surface area is 218 Å². The number of hydrogen-bond acceptors (Lipinski definition) is 4. The Bertz CT molecular complexity index is 1330. The second kappa shape index (κ2) is 12.0. The zero-order chi connectivity index (χ0) is 27.2. The van der Waals surface area contributed by atoms with Crippen LogP contribution in [0.4, 0.5) is 10.1 Å². The number of nitrogens with one attached hydrogen (secondary N) is 1. The highest BCUT2D eigenvalue weighted by Crippen LogP contribution is 2.25. The molecule has 3 aromatic rings. The normalized spacial score (nSPS) is 12.2. The van der Waals surface area contributed by atoms with Gasteiger partial charge in [-0.1, -0.05) is 42.5 Å². The third-order valence-corrected chi connectivity index (χ3v) is 7.55. The van der Waals surface area contributed by atoms with Gasteiger partial charge < -0.3 is 10.2 Å². The summed E-state index contributed by atoms with van der Waals surface area (Å²) < 4.78 is 41.9. The van der Waals surface area contributed by atoms with E-state index in [1.807, 2.05) is 26.8 Å². The highest BCUT2D eigenvalue weighted by molar-refractivity contribution is 7.92. The molecule has 0 radical (unpaired) electrons. The lowest BCUT2D eigenvalue weighted by Crippen LogP contribution is -2.52. The van der Waals surface area contributed by atoms with Crippen LogP contribution in [0.5, 0.6) is 0 Å². The van der Waals surface area contributed by atoms with Gasteiger partial charge >= 0.3 is 0 Å². The van der Waals surface area contributed by atoms with E-state index >= 15 is 0 Å². The first-order chi connectivity index (χ1) is 17.5. The fourth-order valence-electron chi connectivity index (χ4n) is 3.81. The van der Waals surface area contributed by atoms with Crippen molar-refractivity contribution in [3.05, 3.63) is 95.8 Å². The maximum Gasteiger partial charge on any atom is 0.264 e.